The van der Waals surface area contributed by atoms with Crippen LogP contribution in [0.15, 0.2) is 29.2 Å². The second-order valence-electron chi connectivity index (χ2n) is 4.67. The van der Waals surface area contributed by atoms with Crippen molar-refractivity contribution in [1.82, 2.24) is 0 Å². The average Bonchev–Trinajstić information content (AvgIpc) is 2.39. The van der Waals surface area contributed by atoms with Gasteiger partial charge in [-0.05, 0) is 36.6 Å². The molecule has 2 N–H and O–H groups in total. The van der Waals surface area contributed by atoms with Crippen molar-refractivity contribution in [3.8, 4) is 0 Å². The Morgan fingerprint density at radius 2 is 1.88 bits per heavy atom. The summed E-state index contributed by atoms with van der Waals surface area (Å²) < 4.78 is 0. The Kier molecular flexibility index (Phi) is 4.30. The monoisotopic (exact) mass is 235 g/mol. The van der Waals surface area contributed by atoms with Crippen LogP contribution in [-0.2, 0) is 0 Å². The highest BCUT2D eigenvalue weighted by molar-refractivity contribution is 7.98. The molecule has 0 amide bonds. The van der Waals surface area contributed by atoms with Crippen LogP contribution in [0.2, 0.25) is 0 Å². The maximum absolute atomic E-state index is 6.43. The molecule has 0 radical (unpaired) electrons. The number of hydrogen-bond acceptors (Lipinski definition) is 2. The van der Waals surface area contributed by atoms with E-state index < -0.39 is 0 Å². The van der Waals surface area contributed by atoms with E-state index in [1.54, 1.807) is 0 Å². The molecule has 1 aromatic carbocycles. The topological polar surface area (TPSA) is 26.0 Å². The van der Waals surface area contributed by atoms with Gasteiger partial charge in [0.1, 0.15) is 0 Å². The molecule has 88 valence electrons. The second-order valence-corrected chi connectivity index (χ2v) is 5.51. The fourth-order valence-corrected chi connectivity index (χ4v) is 3.34. The van der Waals surface area contributed by atoms with Gasteiger partial charge in [0.15, 0.2) is 0 Å². The molecule has 0 aliphatic heterocycles. The van der Waals surface area contributed by atoms with Crippen molar-refractivity contribution in [3.05, 3.63) is 29.8 Å². The predicted molar refractivity (Wildman–Crippen MR) is 71.7 cm³/mol. The molecule has 1 aliphatic rings. The standard InChI is InChI=1S/C14H21NS/c1-16-13-10-6-5-9-12(13)14(15)11-7-3-2-4-8-11/h5-6,9-11,14H,2-4,7-8,15H2,1H3. The zero-order chi connectivity index (χ0) is 11.4. The maximum atomic E-state index is 6.43. The lowest BCUT2D eigenvalue weighted by molar-refractivity contribution is 0.306. The number of benzene rings is 1. The van der Waals surface area contributed by atoms with E-state index in [0.29, 0.717) is 5.92 Å². The Balaban J connectivity index is 2.15. The first-order valence-electron chi connectivity index (χ1n) is 6.21. The normalized spacial score (nSPS) is 19.6. The summed E-state index contributed by atoms with van der Waals surface area (Å²) in [4.78, 5) is 1.35. The molecule has 1 saturated carbocycles. The van der Waals surface area contributed by atoms with Crippen molar-refractivity contribution in [2.45, 2.75) is 43.0 Å². The van der Waals surface area contributed by atoms with Crippen LogP contribution in [0, 0.1) is 5.92 Å². The summed E-state index contributed by atoms with van der Waals surface area (Å²) in [7, 11) is 0. The Labute approximate surface area is 103 Å². The van der Waals surface area contributed by atoms with Gasteiger partial charge in [0.05, 0.1) is 0 Å². The van der Waals surface area contributed by atoms with E-state index in [0.717, 1.165) is 0 Å². The van der Waals surface area contributed by atoms with Crippen LogP contribution in [0.1, 0.15) is 43.7 Å². The van der Waals surface area contributed by atoms with Gasteiger partial charge in [-0.3, -0.25) is 0 Å². The van der Waals surface area contributed by atoms with E-state index in [1.807, 2.05) is 11.8 Å². The predicted octanol–water partition coefficient (Wildman–Crippen LogP) is 3.99. The second kappa shape index (κ2) is 5.74. The molecule has 2 heteroatoms. The maximum Gasteiger partial charge on any atom is 0.0334 e. The Hall–Kier alpha value is -0.470. The van der Waals surface area contributed by atoms with Gasteiger partial charge in [0.25, 0.3) is 0 Å². The van der Waals surface area contributed by atoms with Crippen LogP contribution in [0.4, 0.5) is 0 Å². The number of thioether (sulfide) groups is 1. The van der Waals surface area contributed by atoms with Gasteiger partial charge in [-0.2, -0.15) is 0 Å². The molecule has 0 bridgehead atoms. The van der Waals surface area contributed by atoms with Crippen molar-refractivity contribution >= 4 is 11.8 Å². The third-order valence-electron chi connectivity index (χ3n) is 3.66. The summed E-state index contributed by atoms with van der Waals surface area (Å²) in [6.07, 6.45) is 8.87. The fourth-order valence-electron chi connectivity index (χ4n) is 2.69. The first-order valence-corrected chi connectivity index (χ1v) is 7.44. The van der Waals surface area contributed by atoms with Crippen molar-refractivity contribution in [2.24, 2.45) is 11.7 Å². The highest BCUT2D eigenvalue weighted by atomic mass is 32.2. The SMILES string of the molecule is CSc1ccccc1C(N)C1CCCCC1. The van der Waals surface area contributed by atoms with Crippen LogP contribution in [0.5, 0.6) is 0 Å². The molecule has 16 heavy (non-hydrogen) atoms. The van der Waals surface area contributed by atoms with Crippen LogP contribution < -0.4 is 5.73 Å². The third-order valence-corrected chi connectivity index (χ3v) is 4.47. The molecule has 0 aromatic heterocycles. The van der Waals surface area contributed by atoms with Crippen LogP contribution in [0.3, 0.4) is 0 Å². The summed E-state index contributed by atoms with van der Waals surface area (Å²) in [6, 6.07) is 8.83. The van der Waals surface area contributed by atoms with E-state index in [2.05, 4.69) is 30.5 Å². The molecule has 1 atom stereocenters. The Morgan fingerprint density at radius 1 is 1.19 bits per heavy atom. The lowest BCUT2D eigenvalue weighted by Crippen LogP contribution is -2.24. The molecule has 1 nitrogen and oxygen atoms in total. The van der Waals surface area contributed by atoms with E-state index in [-0.39, 0.29) is 6.04 Å². The molecule has 0 saturated heterocycles. The lowest BCUT2D eigenvalue weighted by atomic mass is 9.81. The van der Waals surface area contributed by atoms with Gasteiger partial charge >= 0.3 is 0 Å². The highest BCUT2D eigenvalue weighted by Crippen LogP contribution is 2.36. The van der Waals surface area contributed by atoms with Gasteiger partial charge in [0, 0.05) is 10.9 Å². The van der Waals surface area contributed by atoms with Crippen LogP contribution >= 0.6 is 11.8 Å². The Bertz CT molecular complexity index is 331. The zero-order valence-corrected chi connectivity index (χ0v) is 10.8. The quantitative estimate of drug-likeness (QED) is 0.802. The van der Waals surface area contributed by atoms with Gasteiger partial charge in [-0.25, -0.2) is 0 Å². The van der Waals surface area contributed by atoms with Crippen molar-refractivity contribution in [2.75, 3.05) is 6.26 Å². The summed E-state index contributed by atoms with van der Waals surface area (Å²) in [5, 5.41) is 0. The first kappa shape index (κ1) is 12.0. The van der Waals surface area contributed by atoms with Crippen molar-refractivity contribution in [1.29, 1.82) is 0 Å². The third kappa shape index (κ3) is 2.61. The number of hydrogen-bond donors (Lipinski definition) is 1. The lowest BCUT2D eigenvalue weighted by Gasteiger charge is -2.28. The molecular weight excluding hydrogens is 214 g/mol. The van der Waals surface area contributed by atoms with Gasteiger partial charge < -0.3 is 5.73 Å². The van der Waals surface area contributed by atoms with Gasteiger partial charge in [0.2, 0.25) is 0 Å². The first-order chi connectivity index (χ1) is 7.83. The zero-order valence-electron chi connectivity index (χ0n) is 9.99. The fraction of sp³-hybridized carbons (Fsp3) is 0.571. The molecular formula is C14H21NS. The van der Waals surface area contributed by atoms with E-state index in [4.69, 9.17) is 5.73 Å². The summed E-state index contributed by atoms with van der Waals surface area (Å²) in [5.41, 5.74) is 7.78. The summed E-state index contributed by atoms with van der Waals surface area (Å²) >= 11 is 1.81. The minimum absolute atomic E-state index is 0.240. The van der Waals surface area contributed by atoms with E-state index >= 15 is 0 Å². The molecule has 2 rings (SSSR count). The molecule has 1 unspecified atom stereocenters. The highest BCUT2D eigenvalue weighted by Gasteiger charge is 2.23. The van der Waals surface area contributed by atoms with Crippen LogP contribution in [-0.4, -0.2) is 6.26 Å². The number of rotatable bonds is 3. The van der Waals surface area contributed by atoms with E-state index in [9.17, 15) is 0 Å². The Morgan fingerprint density at radius 3 is 2.56 bits per heavy atom. The van der Waals surface area contributed by atoms with Crippen molar-refractivity contribution < 1.29 is 0 Å². The smallest absolute Gasteiger partial charge is 0.0334 e. The largest absolute Gasteiger partial charge is 0.324 e. The molecule has 1 aromatic rings. The molecule has 1 aliphatic carbocycles. The van der Waals surface area contributed by atoms with Gasteiger partial charge in [-0.1, -0.05) is 37.5 Å². The molecule has 0 heterocycles. The number of nitrogens with two attached hydrogens (primary N) is 1. The van der Waals surface area contributed by atoms with Crippen molar-refractivity contribution in [3.63, 3.8) is 0 Å². The molecule has 0 spiro atoms. The minimum atomic E-state index is 0.240. The van der Waals surface area contributed by atoms with E-state index in [1.165, 1.54) is 42.6 Å². The summed E-state index contributed by atoms with van der Waals surface area (Å²) in [6.45, 7) is 0. The van der Waals surface area contributed by atoms with Gasteiger partial charge in [-0.15, -0.1) is 11.8 Å². The summed E-state index contributed by atoms with van der Waals surface area (Å²) in [5.74, 6) is 0.696. The minimum Gasteiger partial charge on any atom is -0.324 e. The van der Waals surface area contributed by atoms with Crippen LogP contribution in [0.25, 0.3) is 0 Å². The molecule has 1 fully saturated rings. The average molecular weight is 235 g/mol.